The molecule has 0 aliphatic heterocycles. The van der Waals surface area contributed by atoms with E-state index in [0.717, 1.165) is 12.8 Å². The normalized spacial score (nSPS) is 10.4. The number of nitrogens with two attached hydrogens (primary N) is 1. The third kappa shape index (κ3) is 3.22. The van der Waals surface area contributed by atoms with Gasteiger partial charge in [-0.3, -0.25) is 4.79 Å². The molecule has 2 rings (SSSR count). The summed E-state index contributed by atoms with van der Waals surface area (Å²) >= 11 is 0. The first kappa shape index (κ1) is 13.3. The van der Waals surface area contributed by atoms with E-state index in [4.69, 9.17) is 5.73 Å². The topological polar surface area (TPSA) is 43.1 Å². The molecular weight excluding hydrogens is 234 g/mol. The van der Waals surface area contributed by atoms with E-state index in [9.17, 15) is 4.79 Å². The number of carbonyl (C=O) groups excluding carboxylic acids is 1. The Balaban J connectivity index is 2.29. The number of primary amides is 1. The van der Waals surface area contributed by atoms with Gasteiger partial charge in [0.15, 0.2) is 0 Å². The number of aryl methyl sites for hydroxylation is 2. The van der Waals surface area contributed by atoms with Crippen molar-refractivity contribution < 1.29 is 4.79 Å². The van der Waals surface area contributed by atoms with Crippen LogP contribution in [-0.2, 0) is 12.8 Å². The molecule has 19 heavy (non-hydrogen) atoms. The van der Waals surface area contributed by atoms with E-state index in [1.54, 1.807) is 0 Å². The molecule has 0 heterocycles. The van der Waals surface area contributed by atoms with Gasteiger partial charge in [-0.2, -0.15) is 0 Å². The Morgan fingerprint density at radius 2 is 1.74 bits per heavy atom. The summed E-state index contributed by atoms with van der Waals surface area (Å²) in [7, 11) is 0. The smallest absolute Gasteiger partial charge is 0.248 e. The average Bonchev–Trinajstić information content (AvgIpc) is 2.41. The quantitative estimate of drug-likeness (QED) is 0.893. The van der Waals surface area contributed by atoms with Crippen LogP contribution < -0.4 is 5.73 Å². The summed E-state index contributed by atoms with van der Waals surface area (Å²) < 4.78 is 0. The predicted molar refractivity (Wildman–Crippen MR) is 78.3 cm³/mol. The monoisotopic (exact) mass is 253 g/mol. The summed E-state index contributed by atoms with van der Waals surface area (Å²) in [6.07, 6.45) is 1.80. The third-order valence-electron chi connectivity index (χ3n) is 3.39. The van der Waals surface area contributed by atoms with Gasteiger partial charge < -0.3 is 5.73 Å². The highest BCUT2D eigenvalue weighted by Gasteiger charge is 2.06. The molecule has 2 aromatic rings. The fraction of sp³-hybridized carbons (Fsp3) is 0.235. The van der Waals surface area contributed by atoms with E-state index in [1.165, 1.54) is 22.3 Å². The lowest BCUT2D eigenvalue weighted by Gasteiger charge is -2.10. The summed E-state index contributed by atoms with van der Waals surface area (Å²) in [5.41, 5.74) is 10.9. The van der Waals surface area contributed by atoms with Crippen molar-refractivity contribution in [1.82, 2.24) is 0 Å². The molecular formula is C17H19NO. The lowest BCUT2D eigenvalue weighted by Crippen LogP contribution is -2.11. The number of benzene rings is 2. The highest BCUT2D eigenvalue weighted by molar-refractivity contribution is 5.93. The van der Waals surface area contributed by atoms with Gasteiger partial charge in [-0.1, -0.05) is 42.8 Å². The number of amides is 1. The second-order valence-electron chi connectivity index (χ2n) is 4.86. The van der Waals surface area contributed by atoms with Crippen molar-refractivity contribution in [2.24, 2.45) is 5.73 Å². The molecule has 0 bridgehead atoms. The fourth-order valence-corrected chi connectivity index (χ4v) is 2.21. The Morgan fingerprint density at radius 3 is 2.32 bits per heavy atom. The maximum Gasteiger partial charge on any atom is 0.248 e. The van der Waals surface area contributed by atoms with Crippen molar-refractivity contribution in [2.45, 2.75) is 26.7 Å². The Morgan fingerprint density at radius 1 is 1.05 bits per heavy atom. The molecule has 0 saturated heterocycles. The molecule has 0 saturated carbocycles. The van der Waals surface area contributed by atoms with E-state index in [-0.39, 0.29) is 5.91 Å². The number of rotatable bonds is 4. The van der Waals surface area contributed by atoms with E-state index >= 15 is 0 Å². The number of carbonyl (C=O) groups is 1. The van der Waals surface area contributed by atoms with Gasteiger partial charge in [-0.05, 0) is 48.6 Å². The lowest BCUT2D eigenvalue weighted by molar-refractivity contribution is 0.1000. The molecule has 0 spiro atoms. The largest absolute Gasteiger partial charge is 0.366 e. The molecule has 0 aliphatic rings. The Hall–Kier alpha value is -2.09. The van der Waals surface area contributed by atoms with E-state index in [2.05, 4.69) is 38.1 Å². The molecule has 98 valence electrons. The number of hydrogen-bond donors (Lipinski definition) is 1. The Kier molecular flexibility index (Phi) is 4.00. The van der Waals surface area contributed by atoms with Crippen LogP contribution in [0.25, 0.3) is 0 Å². The minimum atomic E-state index is -0.364. The number of hydrogen-bond acceptors (Lipinski definition) is 1. The van der Waals surface area contributed by atoms with Crippen molar-refractivity contribution in [1.29, 1.82) is 0 Å². The molecule has 1 amide bonds. The molecule has 0 aliphatic carbocycles. The summed E-state index contributed by atoms with van der Waals surface area (Å²) in [4.78, 5) is 11.2. The minimum Gasteiger partial charge on any atom is -0.366 e. The van der Waals surface area contributed by atoms with Crippen LogP contribution in [0.1, 0.15) is 39.5 Å². The molecule has 0 aromatic heterocycles. The maximum atomic E-state index is 11.2. The second-order valence-corrected chi connectivity index (χ2v) is 4.86. The standard InChI is InChI=1S/C17H19NO/c1-3-14-11-16(17(18)19)9-8-15(14)10-13-6-4-12(2)5-7-13/h4-9,11H,3,10H2,1-2H3,(H2,18,19). The highest BCUT2D eigenvalue weighted by Crippen LogP contribution is 2.17. The highest BCUT2D eigenvalue weighted by atomic mass is 16.1. The first-order chi connectivity index (χ1) is 9.10. The first-order valence-electron chi connectivity index (χ1n) is 6.57. The Bertz CT molecular complexity index is 585. The van der Waals surface area contributed by atoms with Crippen LogP contribution in [0.4, 0.5) is 0 Å². The fourth-order valence-electron chi connectivity index (χ4n) is 2.21. The molecule has 0 fully saturated rings. The minimum absolute atomic E-state index is 0.364. The summed E-state index contributed by atoms with van der Waals surface area (Å²) in [6.45, 7) is 4.18. The van der Waals surface area contributed by atoms with Crippen LogP contribution in [0.2, 0.25) is 0 Å². The van der Waals surface area contributed by atoms with Gasteiger partial charge >= 0.3 is 0 Å². The zero-order chi connectivity index (χ0) is 13.8. The van der Waals surface area contributed by atoms with Gasteiger partial charge in [0.25, 0.3) is 0 Å². The lowest BCUT2D eigenvalue weighted by atomic mass is 9.96. The molecule has 0 unspecified atom stereocenters. The van der Waals surface area contributed by atoms with Crippen molar-refractivity contribution in [2.75, 3.05) is 0 Å². The van der Waals surface area contributed by atoms with Crippen LogP contribution in [0.15, 0.2) is 42.5 Å². The van der Waals surface area contributed by atoms with Crippen LogP contribution in [0, 0.1) is 6.92 Å². The van der Waals surface area contributed by atoms with E-state index < -0.39 is 0 Å². The van der Waals surface area contributed by atoms with Crippen LogP contribution in [0.3, 0.4) is 0 Å². The molecule has 2 aromatic carbocycles. The zero-order valence-electron chi connectivity index (χ0n) is 11.4. The average molecular weight is 253 g/mol. The second kappa shape index (κ2) is 5.70. The van der Waals surface area contributed by atoms with Gasteiger partial charge in [0.2, 0.25) is 5.91 Å². The van der Waals surface area contributed by atoms with Gasteiger partial charge in [-0.25, -0.2) is 0 Å². The van der Waals surface area contributed by atoms with Crippen LogP contribution >= 0.6 is 0 Å². The van der Waals surface area contributed by atoms with Gasteiger partial charge in [0.05, 0.1) is 0 Å². The molecule has 2 N–H and O–H groups in total. The van der Waals surface area contributed by atoms with Crippen LogP contribution in [0.5, 0.6) is 0 Å². The maximum absolute atomic E-state index is 11.2. The summed E-state index contributed by atoms with van der Waals surface area (Å²) in [5.74, 6) is -0.364. The molecule has 0 atom stereocenters. The summed E-state index contributed by atoms with van der Waals surface area (Å²) in [5, 5.41) is 0. The van der Waals surface area contributed by atoms with E-state index in [0.29, 0.717) is 5.56 Å². The molecule has 2 nitrogen and oxygen atoms in total. The van der Waals surface area contributed by atoms with Crippen LogP contribution in [-0.4, -0.2) is 5.91 Å². The predicted octanol–water partition coefficient (Wildman–Crippen LogP) is 3.25. The zero-order valence-corrected chi connectivity index (χ0v) is 11.4. The van der Waals surface area contributed by atoms with E-state index in [1.807, 2.05) is 18.2 Å². The first-order valence-corrected chi connectivity index (χ1v) is 6.57. The third-order valence-corrected chi connectivity index (χ3v) is 3.39. The van der Waals surface area contributed by atoms with Gasteiger partial charge in [0, 0.05) is 5.56 Å². The van der Waals surface area contributed by atoms with Crippen molar-refractivity contribution in [3.63, 3.8) is 0 Å². The van der Waals surface area contributed by atoms with Gasteiger partial charge in [-0.15, -0.1) is 0 Å². The SMILES string of the molecule is CCc1cc(C(N)=O)ccc1Cc1ccc(C)cc1. The molecule has 2 heteroatoms. The van der Waals surface area contributed by atoms with Crippen molar-refractivity contribution in [3.05, 3.63) is 70.3 Å². The molecule has 0 radical (unpaired) electrons. The summed E-state index contributed by atoms with van der Waals surface area (Å²) in [6, 6.07) is 14.3. The van der Waals surface area contributed by atoms with Crippen molar-refractivity contribution in [3.8, 4) is 0 Å². The van der Waals surface area contributed by atoms with Crippen molar-refractivity contribution >= 4 is 5.91 Å². The van der Waals surface area contributed by atoms with Gasteiger partial charge in [0.1, 0.15) is 0 Å². The Labute approximate surface area is 114 Å².